The Morgan fingerprint density at radius 2 is 2.18 bits per heavy atom. The van der Waals surface area contributed by atoms with Gasteiger partial charge < -0.3 is 9.14 Å². The first kappa shape index (κ1) is 10.4. The standard InChI is InChI=1S/C14H15NO2/c1-10-9-11-5-3-4-8-15(11)12(10)14(6-7-14)13(16)17-2/h3-5,8-9H,6-7H2,1-2H3. The van der Waals surface area contributed by atoms with Gasteiger partial charge in [-0.05, 0) is 43.5 Å². The molecular weight excluding hydrogens is 214 g/mol. The Bertz CT molecular complexity index is 593. The first-order valence-electron chi connectivity index (χ1n) is 5.85. The van der Waals surface area contributed by atoms with E-state index in [2.05, 4.69) is 23.5 Å². The lowest BCUT2D eigenvalue weighted by atomic mass is 9.99. The first-order valence-corrected chi connectivity index (χ1v) is 5.85. The van der Waals surface area contributed by atoms with Crippen LogP contribution >= 0.6 is 0 Å². The van der Waals surface area contributed by atoms with E-state index >= 15 is 0 Å². The molecule has 2 aromatic heterocycles. The molecule has 0 spiro atoms. The Morgan fingerprint density at radius 3 is 2.82 bits per heavy atom. The fraction of sp³-hybridized carbons (Fsp3) is 0.357. The zero-order chi connectivity index (χ0) is 12.0. The number of pyridine rings is 1. The molecule has 3 rings (SSSR count). The molecule has 0 aromatic carbocycles. The van der Waals surface area contributed by atoms with Crippen LogP contribution in [-0.4, -0.2) is 17.5 Å². The number of fused-ring (bicyclic) bond motifs is 1. The summed E-state index contributed by atoms with van der Waals surface area (Å²) in [6.07, 6.45) is 3.80. The first-order chi connectivity index (χ1) is 8.19. The van der Waals surface area contributed by atoms with Gasteiger partial charge in [0.15, 0.2) is 0 Å². The lowest BCUT2D eigenvalue weighted by Gasteiger charge is -2.14. The van der Waals surface area contributed by atoms with Crippen molar-refractivity contribution in [2.24, 2.45) is 0 Å². The van der Waals surface area contributed by atoms with Crippen molar-refractivity contribution in [1.82, 2.24) is 4.40 Å². The third-order valence-corrected chi connectivity index (χ3v) is 3.65. The number of hydrogen-bond donors (Lipinski definition) is 0. The van der Waals surface area contributed by atoms with Crippen LogP contribution in [0.5, 0.6) is 0 Å². The second-order valence-electron chi connectivity index (χ2n) is 4.75. The molecule has 0 atom stereocenters. The van der Waals surface area contributed by atoms with Crippen LogP contribution in [-0.2, 0) is 14.9 Å². The van der Waals surface area contributed by atoms with Crippen LogP contribution in [0.15, 0.2) is 30.5 Å². The molecule has 0 N–H and O–H groups in total. The number of rotatable bonds is 2. The summed E-state index contributed by atoms with van der Waals surface area (Å²) in [6.45, 7) is 2.06. The van der Waals surface area contributed by atoms with Crippen molar-refractivity contribution in [2.45, 2.75) is 25.2 Å². The number of carbonyl (C=O) groups excluding carboxylic acids is 1. The largest absolute Gasteiger partial charge is 0.468 e. The van der Waals surface area contributed by atoms with Crippen molar-refractivity contribution in [3.8, 4) is 0 Å². The average molecular weight is 229 g/mol. The van der Waals surface area contributed by atoms with Gasteiger partial charge in [0.25, 0.3) is 0 Å². The highest BCUT2D eigenvalue weighted by molar-refractivity contribution is 5.87. The fourth-order valence-corrected chi connectivity index (χ4v) is 2.72. The summed E-state index contributed by atoms with van der Waals surface area (Å²) >= 11 is 0. The molecule has 0 unspecified atom stereocenters. The van der Waals surface area contributed by atoms with Gasteiger partial charge in [-0.2, -0.15) is 0 Å². The van der Waals surface area contributed by atoms with E-state index in [1.54, 1.807) is 0 Å². The van der Waals surface area contributed by atoms with Crippen LogP contribution < -0.4 is 0 Å². The zero-order valence-electron chi connectivity index (χ0n) is 10.1. The molecular formula is C14H15NO2. The van der Waals surface area contributed by atoms with Crippen molar-refractivity contribution < 1.29 is 9.53 Å². The Hall–Kier alpha value is -1.77. The van der Waals surface area contributed by atoms with Gasteiger partial charge in [-0.25, -0.2) is 0 Å². The van der Waals surface area contributed by atoms with Crippen molar-refractivity contribution in [3.05, 3.63) is 41.7 Å². The highest BCUT2D eigenvalue weighted by Gasteiger charge is 2.55. The number of aromatic nitrogens is 1. The van der Waals surface area contributed by atoms with Gasteiger partial charge in [0.1, 0.15) is 5.41 Å². The van der Waals surface area contributed by atoms with E-state index in [0.29, 0.717) is 0 Å². The molecule has 3 heteroatoms. The minimum absolute atomic E-state index is 0.107. The molecule has 2 aromatic rings. The maximum absolute atomic E-state index is 12.0. The highest BCUT2D eigenvalue weighted by atomic mass is 16.5. The minimum atomic E-state index is -0.396. The highest BCUT2D eigenvalue weighted by Crippen LogP contribution is 2.50. The number of esters is 1. The lowest BCUT2D eigenvalue weighted by Crippen LogP contribution is -2.24. The van der Waals surface area contributed by atoms with E-state index in [-0.39, 0.29) is 5.97 Å². The monoisotopic (exact) mass is 229 g/mol. The number of aryl methyl sites for hydroxylation is 1. The fourth-order valence-electron chi connectivity index (χ4n) is 2.72. The summed E-state index contributed by atoms with van der Waals surface area (Å²) < 4.78 is 7.06. The molecule has 2 heterocycles. The van der Waals surface area contributed by atoms with Crippen molar-refractivity contribution >= 4 is 11.5 Å². The molecule has 0 saturated heterocycles. The number of carbonyl (C=O) groups is 1. The van der Waals surface area contributed by atoms with Crippen LogP contribution in [0.25, 0.3) is 5.52 Å². The summed E-state index contributed by atoms with van der Waals surface area (Å²) in [5.74, 6) is -0.107. The molecule has 0 amide bonds. The predicted molar refractivity (Wildman–Crippen MR) is 65.1 cm³/mol. The Labute approximate surface area is 100 Å². The third-order valence-electron chi connectivity index (χ3n) is 3.65. The van der Waals surface area contributed by atoms with E-state index in [1.807, 2.05) is 18.3 Å². The minimum Gasteiger partial charge on any atom is -0.468 e. The Balaban J connectivity index is 2.24. The summed E-state index contributed by atoms with van der Waals surface area (Å²) in [6, 6.07) is 8.18. The second kappa shape index (κ2) is 3.36. The van der Waals surface area contributed by atoms with E-state index in [4.69, 9.17) is 4.74 Å². The molecule has 0 aliphatic heterocycles. The van der Waals surface area contributed by atoms with Crippen molar-refractivity contribution in [2.75, 3.05) is 7.11 Å². The summed E-state index contributed by atoms with van der Waals surface area (Å²) in [7, 11) is 1.47. The van der Waals surface area contributed by atoms with Gasteiger partial charge in [-0.3, -0.25) is 4.79 Å². The molecule has 88 valence electrons. The Kier molecular flexibility index (Phi) is 2.05. The summed E-state index contributed by atoms with van der Waals surface area (Å²) in [5.41, 5.74) is 3.00. The second-order valence-corrected chi connectivity index (χ2v) is 4.75. The third kappa shape index (κ3) is 1.32. The number of hydrogen-bond acceptors (Lipinski definition) is 2. The SMILES string of the molecule is COC(=O)C1(c2c(C)cc3ccccn23)CC1. The van der Waals surface area contributed by atoms with Gasteiger partial charge in [-0.1, -0.05) is 6.07 Å². The maximum atomic E-state index is 12.0. The van der Waals surface area contributed by atoms with Crippen LogP contribution in [0.2, 0.25) is 0 Å². The van der Waals surface area contributed by atoms with Gasteiger partial charge in [0, 0.05) is 17.4 Å². The number of nitrogens with zero attached hydrogens (tertiary/aromatic N) is 1. The van der Waals surface area contributed by atoms with E-state index in [9.17, 15) is 4.79 Å². The number of ether oxygens (including phenoxy) is 1. The molecule has 1 fully saturated rings. The quantitative estimate of drug-likeness (QED) is 0.740. The lowest BCUT2D eigenvalue weighted by molar-refractivity contribution is -0.143. The predicted octanol–water partition coefficient (Wildman–Crippen LogP) is 2.45. The van der Waals surface area contributed by atoms with E-state index in [1.165, 1.54) is 12.7 Å². The van der Waals surface area contributed by atoms with Gasteiger partial charge in [-0.15, -0.1) is 0 Å². The smallest absolute Gasteiger partial charge is 0.317 e. The van der Waals surface area contributed by atoms with Gasteiger partial charge >= 0.3 is 5.97 Å². The molecule has 0 bridgehead atoms. The van der Waals surface area contributed by atoms with E-state index < -0.39 is 5.41 Å². The summed E-state index contributed by atoms with van der Waals surface area (Å²) in [4.78, 5) is 12.0. The van der Waals surface area contributed by atoms with Crippen LogP contribution in [0, 0.1) is 6.92 Å². The molecule has 17 heavy (non-hydrogen) atoms. The number of methoxy groups -OCH3 is 1. The van der Waals surface area contributed by atoms with E-state index in [0.717, 1.165) is 24.1 Å². The van der Waals surface area contributed by atoms with Crippen LogP contribution in [0.1, 0.15) is 24.1 Å². The normalized spacial score (nSPS) is 17.1. The maximum Gasteiger partial charge on any atom is 0.317 e. The van der Waals surface area contributed by atoms with Crippen molar-refractivity contribution in [1.29, 1.82) is 0 Å². The Morgan fingerprint density at radius 1 is 1.41 bits per heavy atom. The zero-order valence-corrected chi connectivity index (χ0v) is 10.1. The topological polar surface area (TPSA) is 30.7 Å². The van der Waals surface area contributed by atoms with Crippen LogP contribution in [0.3, 0.4) is 0 Å². The van der Waals surface area contributed by atoms with Gasteiger partial charge in [0.2, 0.25) is 0 Å². The molecule has 3 nitrogen and oxygen atoms in total. The average Bonchev–Trinajstić information content (AvgIpc) is 3.06. The summed E-state index contributed by atoms with van der Waals surface area (Å²) in [5, 5.41) is 0. The molecule has 1 aliphatic carbocycles. The van der Waals surface area contributed by atoms with Gasteiger partial charge in [0.05, 0.1) is 7.11 Å². The van der Waals surface area contributed by atoms with Crippen LogP contribution in [0.4, 0.5) is 0 Å². The molecule has 1 aliphatic rings. The van der Waals surface area contributed by atoms with Crippen molar-refractivity contribution in [3.63, 3.8) is 0 Å². The molecule has 0 radical (unpaired) electrons. The molecule has 1 saturated carbocycles.